The first-order valence-corrected chi connectivity index (χ1v) is 10.2. The van der Waals surface area contributed by atoms with E-state index >= 15 is 0 Å². The Kier molecular flexibility index (Phi) is 6.39. The lowest BCUT2D eigenvalue weighted by Gasteiger charge is -2.33. The molecule has 0 saturated carbocycles. The van der Waals surface area contributed by atoms with Crippen LogP contribution in [0.5, 0.6) is 0 Å². The summed E-state index contributed by atoms with van der Waals surface area (Å²) >= 11 is 1.60. The lowest BCUT2D eigenvalue weighted by molar-refractivity contribution is 0.0929. The second-order valence-electron chi connectivity index (χ2n) is 6.62. The molecule has 0 spiro atoms. The van der Waals surface area contributed by atoms with Gasteiger partial charge in [-0.25, -0.2) is 4.79 Å². The van der Waals surface area contributed by atoms with Crippen LogP contribution in [0.4, 0.5) is 10.5 Å². The first-order chi connectivity index (χ1) is 13.1. The van der Waals surface area contributed by atoms with E-state index in [9.17, 15) is 9.59 Å². The maximum Gasteiger partial charge on any atom is 0.321 e. The highest BCUT2D eigenvalue weighted by molar-refractivity contribution is 7.98. The summed E-state index contributed by atoms with van der Waals surface area (Å²) in [6.07, 6.45) is 3.88. The molecule has 8 heteroatoms. The van der Waals surface area contributed by atoms with Gasteiger partial charge < -0.3 is 20.1 Å². The molecular weight excluding hydrogens is 364 g/mol. The standard InChI is InChI=1S/C19H24N4O3S/c1-13-10-16(22-26-13)18(24)20-11-14-6-5-9-23(12-14)19(25)21-15-7-3-4-8-17(15)27-2/h3-4,7-8,10,14H,5-6,9,11-12H2,1-2H3,(H,20,24)(H,21,25). The maximum absolute atomic E-state index is 12.6. The van der Waals surface area contributed by atoms with Crippen LogP contribution >= 0.6 is 11.8 Å². The molecular formula is C19H24N4O3S. The molecule has 1 atom stereocenters. The van der Waals surface area contributed by atoms with Crippen molar-refractivity contribution in [2.75, 3.05) is 31.2 Å². The van der Waals surface area contributed by atoms with Gasteiger partial charge in [0, 0.05) is 30.6 Å². The predicted molar refractivity (Wildman–Crippen MR) is 105 cm³/mol. The van der Waals surface area contributed by atoms with E-state index in [0.717, 1.165) is 30.0 Å². The summed E-state index contributed by atoms with van der Waals surface area (Å²) in [5.41, 5.74) is 1.11. The van der Waals surface area contributed by atoms with Crippen molar-refractivity contribution in [3.8, 4) is 0 Å². The quantitative estimate of drug-likeness (QED) is 0.767. The fourth-order valence-corrected chi connectivity index (χ4v) is 3.71. The Bertz CT molecular complexity index is 808. The van der Waals surface area contributed by atoms with Crippen molar-refractivity contribution in [3.63, 3.8) is 0 Å². The molecule has 1 aromatic carbocycles. The third-order valence-electron chi connectivity index (χ3n) is 4.57. The number of piperidine rings is 1. The molecule has 1 saturated heterocycles. The molecule has 0 bridgehead atoms. The molecule has 3 amide bonds. The van der Waals surface area contributed by atoms with Gasteiger partial charge in [0.15, 0.2) is 5.69 Å². The van der Waals surface area contributed by atoms with E-state index < -0.39 is 0 Å². The lowest BCUT2D eigenvalue weighted by atomic mass is 9.98. The number of rotatable bonds is 5. The first-order valence-electron chi connectivity index (χ1n) is 8.97. The Morgan fingerprint density at radius 3 is 2.93 bits per heavy atom. The molecule has 1 unspecified atom stereocenters. The second-order valence-corrected chi connectivity index (χ2v) is 7.47. The van der Waals surface area contributed by atoms with E-state index in [0.29, 0.717) is 18.8 Å². The molecule has 1 fully saturated rings. The maximum atomic E-state index is 12.6. The average molecular weight is 388 g/mol. The lowest BCUT2D eigenvalue weighted by Crippen LogP contribution is -2.45. The third-order valence-corrected chi connectivity index (χ3v) is 5.36. The van der Waals surface area contributed by atoms with Crippen molar-refractivity contribution in [1.82, 2.24) is 15.4 Å². The number of likely N-dealkylation sites (tertiary alicyclic amines) is 1. The summed E-state index contributed by atoms with van der Waals surface area (Å²) in [6, 6.07) is 9.28. The number of carbonyl (C=O) groups excluding carboxylic acids is 2. The van der Waals surface area contributed by atoms with Gasteiger partial charge in [0.1, 0.15) is 5.76 Å². The molecule has 1 aliphatic rings. The van der Waals surface area contributed by atoms with Crippen LogP contribution in [0, 0.1) is 12.8 Å². The number of urea groups is 1. The highest BCUT2D eigenvalue weighted by atomic mass is 32.2. The van der Waals surface area contributed by atoms with Crippen LogP contribution in [0.1, 0.15) is 29.1 Å². The smallest absolute Gasteiger partial charge is 0.321 e. The number of nitrogens with zero attached hydrogens (tertiary/aromatic N) is 2. The number of anilines is 1. The highest BCUT2D eigenvalue weighted by Crippen LogP contribution is 2.25. The minimum atomic E-state index is -0.248. The zero-order valence-electron chi connectivity index (χ0n) is 15.5. The molecule has 3 rings (SSSR count). The van der Waals surface area contributed by atoms with Crippen molar-refractivity contribution in [3.05, 3.63) is 41.8 Å². The van der Waals surface area contributed by atoms with Gasteiger partial charge in [0.25, 0.3) is 5.91 Å². The number of hydrogen-bond acceptors (Lipinski definition) is 5. The molecule has 2 N–H and O–H groups in total. The monoisotopic (exact) mass is 388 g/mol. The zero-order valence-corrected chi connectivity index (χ0v) is 16.3. The molecule has 2 heterocycles. The summed E-state index contributed by atoms with van der Waals surface area (Å²) in [5, 5.41) is 9.61. The van der Waals surface area contributed by atoms with Crippen LogP contribution in [0.15, 0.2) is 39.8 Å². The number of carbonyl (C=O) groups is 2. The first kappa shape index (κ1) is 19.3. The molecule has 1 aliphatic heterocycles. The van der Waals surface area contributed by atoms with Crippen LogP contribution in [0.2, 0.25) is 0 Å². The van der Waals surface area contributed by atoms with Gasteiger partial charge >= 0.3 is 6.03 Å². The number of amides is 3. The number of aromatic nitrogens is 1. The van der Waals surface area contributed by atoms with Gasteiger partial charge in [0.05, 0.1) is 5.69 Å². The Hall–Kier alpha value is -2.48. The van der Waals surface area contributed by atoms with Crippen LogP contribution in [0.25, 0.3) is 0 Å². The Morgan fingerprint density at radius 1 is 1.37 bits per heavy atom. The van der Waals surface area contributed by atoms with E-state index in [4.69, 9.17) is 4.52 Å². The van der Waals surface area contributed by atoms with E-state index in [1.807, 2.05) is 35.4 Å². The number of aryl methyl sites for hydroxylation is 1. The second kappa shape index (κ2) is 8.94. The van der Waals surface area contributed by atoms with Crippen LogP contribution < -0.4 is 10.6 Å². The summed E-state index contributed by atoms with van der Waals surface area (Å²) in [6.45, 7) is 3.60. The number of para-hydroxylation sites is 1. The predicted octanol–water partition coefficient (Wildman–Crippen LogP) is 3.38. The molecule has 2 aromatic rings. The molecule has 0 radical (unpaired) electrons. The minimum absolute atomic E-state index is 0.0975. The number of hydrogen-bond donors (Lipinski definition) is 2. The minimum Gasteiger partial charge on any atom is -0.361 e. The van der Waals surface area contributed by atoms with Crippen LogP contribution in [-0.4, -0.2) is 47.9 Å². The molecule has 27 heavy (non-hydrogen) atoms. The van der Waals surface area contributed by atoms with Crippen molar-refractivity contribution < 1.29 is 14.1 Å². The van der Waals surface area contributed by atoms with E-state index in [1.165, 1.54) is 0 Å². The van der Waals surface area contributed by atoms with Crippen LogP contribution in [-0.2, 0) is 0 Å². The van der Waals surface area contributed by atoms with Crippen molar-refractivity contribution >= 4 is 29.4 Å². The SMILES string of the molecule is CSc1ccccc1NC(=O)N1CCCC(CNC(=O)c2cc(C)on2)C1. The molecule has 0 aliphatic carbocycles. The Morgan fingerprint density at radius 2 is 2.19 bits per heavy atom. The molecule has 1 aromatic heterocycles. The summed E-state index contributed by atoms with van der Waals surface area (Å²) in [5.74, 6) is 0.575. The Balaban J connectivity index is 1.52. The van der Waals surface area contributed by atoms with Crippen molar-refractivity contribution in [1.29, 1.82) is 0 Å². The van der Waals surface area contributed by atoms with Crippen molar-refractivity contribution in [2.45, 2.75) is 24.7 Å². The van der Waals surface area contributed by atoms with E-state index in [1.54, 1.807) is 24.8 Å². The number of nitrogens with one attached hydrogen (secondary N) is 2. The Labute approximate surface area is 162 Å². The average Bonchev–Trinajstić information content (AvgIpc) is 3.13. The normalized spacial score (nSPS) is 16.8. The van der Waals surface area contributed by atoms with E-state index in [-0.39, 0.29) is 23.6 Å². The van der Waals surface area contributed by atoms with Crippen molar-refractivity contribution in [2.24, 2.45) is 5.92 Å². The largest absolute Gasteiger partial charge is 0.361 e. The van der Waals surface area contributed by atoms with Gasteiger partial charge in [-0.15, -0.1) is 11.8 Å². The zero-order chi connectivity index (χ0) is 19.2. The fourth-order valence-electron chi connectivity index (χ4n) is 3.16. The van der Waals surface area contributed by atoms with Gasteiger partial charge in [-0.1, -0.05) is 17.3 Å². The van der Waals surface area contributed by atoms with Gasteiger partial charge in [-0.05, 0) is 44.1 Å². The number of thioether (sulfide) groups is 1. The molecule has 144 valence electrons. The summed E-state index contributed by atoms with van der Waals surface area (Å²) in [4.78, 5) is 27.6. The van der Waals surface area contributed by atoms with Gasteiger partial charge in [-0.2, -0.15) is 0 Å². The van der Waals surface area contributed by atoms with Gasteiger partial charge in [0.2, 0.25) is 0 Å². The number of benzene rings is 1. The molecule has 7 nitrogen and oxygen atoms in total. The summed E-state index contributed by atoms with van der Waals surface area (Å²) < 4.78 is 4.93. The van der Waals surface area contributed by atoms with E-state index in [2.05, 4.69) is 15.8 Å². The van der Waals surface area contributed by atoms with Gasteiger partial charge in [-0.3, -0.25) is 4.79 Å². The van der Waals surface area contributed by atoms with Crippen LogP contribution in [0.3, 0.4) is 0 Å². The topological polar surface area (TPSA) is 87.5 Å². The summed E-state index contributed by atoms with van der Waals surface area (Å²) in [7, 11) is 0. The third kappa shape index (κ3) is 5.03. The highest BCUT2D eigenvalue weighted by Gasteiger charge is 2.25. The fraction of sp³-hybridized carbons (Fsp3) is 0.421.